The Hall–Kier alpha value is -3.10. The molecule has 4 aromatic rings. The van der Waals surface area contributed by atoms with E-state index in [1.165, 1.54) is 25.3 Å². The van der Waals surface area contributed by atoms with Gasteiger partial charge in [0.15, 0.2) is 17.1 Å². The van der Waals surface area contributed by atoms with Gasteiger partial charge < -0.3 is 20.3 Å². The number of pyridine rings is 1. The summed E-state index contributed by atoms with van der Waals surface area (Å²) >= 11 is 6.12. The van der Waals surface area contributed by atoms with E-state index in [-0.39, 0.29) is 40.0 Å². The van der Waals surface area contributed by atoms with E-state index in [4.69, 9.17) is 26.8 Å². The van der Waals surface area contributed by atoms with E-state index in [1.807, 2.05) is 20.8 Å². The van der Waals surface area contributed by atoms with E-state index in [0.717, 1.165) is 0 Å². The smallest absolute Gasteiger partial charge is 0.169 e. The normalized spacial score (nSPS) is 13.0. The third-order valence-electron chi connectivity index (χ3n) is 5.79. The van der Waals surface area contributed by atoms with Crippen LogP contribution in [0.25, 0.3) is 33.1 Å². The lowest BCUT2D eigenvalue weighted by atomic mass is 9.88. The molecule has 0 amide bonds. The molecule has 1 atom stereocenters. The zero-order chi connectivity index (χ0) is 24.1. The average Bonchev–Trinajstić information content (AvgIpc) is 3.13. The van der Waals surface area contributed by atoms with Crippen LogP contribution in [0.3, 0.4) is 0 Å². The molecule has 0 aliphatic carbocycles. The number of nitrogens with one attached hydrogen (secondary N) is 1. The monoisotopic (exact) mass is 472 g/mol. The topological polar surface area (TPSA) is 106 Å². The lowest BCUT2D eigenvalue weighted by molar-refractivity contribution is 0.200. The molecule has 0 radical (unpaired) electrons. The minimum Gasteiger partial charge on any atom is -0.506 e. The molecule has 174 valence electrons. The van der Waals surface area contributed by atoms with Gasteiger partial charge in [-0.25, -0.2) is 9.37 Å². The largest absolute Gasteiger partial charge is 0.506 e. The summed E-state index contributed by atoms with van der Waals surface area (Å²) in [6.45, 7) is 8.02. The number of aromatic nitrogens is 3. The predicted molar refractivity (Wildman–Crippen MR) is 128 cm³/mol. The van der Waals surface area contributed by atoms with Gasteiger partial charge >= 0.3 is 0 Å². The van der Waals surface area contributed by atoms with Crippen molar-refractivity contribution in [1.29, 1.82) is 0 Å². The van der Waals surface area contributed by atoms with E-state index in [0.29, 0.717) is 39.1 Å². The van der Waals surface area contributed by atoms with Crippen molar-refractivity contribution >= 4 is 33.4 Å². The third kappa shape index (κ3) is 4.05. The van der Waals surface area contributed by atoms with Crippen molar-refractivity contribution < 1.29 is 19.0 Å². The fourth-order valence-electron chi connectivity index (χ4n) is 3.65. The summed E-state index contributed by atoms with van der Waals surface area (Å²) in [4.78, 5) is 4.62. The summed E-state index contributed by atoms with van der Waals surface area (Å²) in [5.41, 5.74) is 8.02. The Morgan fingerprint density at radius 1 is 1.21 bits per heavy atom. The Kier molecular flexibility index (Phi) is 5.84. The lowest BCUT2D eigenvalue weighted by Gasteiger charge is -2.27. The predicted octanol–water partition coefficient (Wildman–Crippen LogP) is 5.35. The highest BCUT2D eigenvalue weighted by atomic mass is 35.5. The molecule has 2 aromatic carbocycles. The van der Waals surface area contributed by atoms with Gasteiger partial charge in [0.05, 0.1) is 28.9 Å². The van der Waals surface area contributed by atoms with Gasteiger partial charge in [-0.15, -0.1) is 0 Å². The standard InChI is InChI=1S/C24H26ClFN4O3/c1-11-18-20-19(14(26)9-16(22(20)32-5)33-10-17(27)24(2,3)4)21(28-23(18)30-29-11)12-6-7-15(31)13(25)8-12/h6-9,17,31H,10,27H2,1-5H3,(H,28,29,30)/t17-/m0/s1. The Balaban J connectivity index is 2.01. The number of H-pyrrole nitrogens is 1. The van der Waals surface area contributed by atoms with Gasteiger partial charge in [0.2, 0.25) is 0 Å². The number of halogens is 2. The second-order valence-corrected chi connectivity index (χ2v) is 9.49. The van der Waals surface area contributed by atoms with E-state index < -0.39 is 5.82 Å². The molecular formula is C24H26ClFN4O3. The number of fused-ring (bicyclic) bond motifs is 3. The maximum absolute atomic E-state index is 15.7. The number of phenols is 1. The van der Waals surface area contributed by atoms with Crippen LogP contribution in [0.5, 0.6) is 17.2 Å². The Morgan fingerprint density at radius 2 is 1.94 bits per heavy atom. The van der Waals surface area contributed by atoms with Crippen LogP contribution in [0, 0.1) is 18.2 Å². The van der Waals surface area contributed by atoms with Crippen molar-refractivity contribution in [3.8, 4) is 28.5 Å². The number of rotatable bonds is 5. The molecular weight excluding hydrogens is 447 g/mol. The van der Waals surface area contributed by atoms with Gasteiger partial charge in [-0.05, 0) is 30.5 Å². The van der Waals surface area contributed by atoms with Crippen molar-refractivity contribution in [3.05, 3.63) is 40.8 Å². The molecule has 0 fully saturated rings. The maximum atomic E-state index is 15.7. The number of nitrogens with zero attached hydrogens (tertiary/aromatic N) is 2. The molecule has 0 bridgehead atoms. The fraction of sp³-hybridized carbons (Fsp3) is 0.333. The van der Waals surface area contributed by atoms with Gasteiger partial charge in [-0.1, -0.05) is 32.4 Å². The summed E-state index contributed by atoms with van der Waals surface area (Å²) in [6, 6.07) is 5.60. The van der Waals surface area contributed by atoms with Crippen LogP contribution in [-0.4, -0.2) is 40.0 Å². The van der Waals surface area contributed by atoms with Gasteiger partial charge in [0, 0.05) is 28.4 Å². The number of phenolic OH excluding ortho intramolecular Hbond substituents is 1. The first-order chi connectivity index (χ1) is 15.5. The Labute approximate surface area is 195 Å². The molecule has 2 heterocycles. The minimum atomic E-state index is -0.542. The summed E-state index contributed by atoms with van der Waals surface area (Å²) in [6.07, 6.45) is 0. The number of hydrogen-bond donors (Lipinski definition) is 3. The molecule has 0 saturated carbocycles. The molecule has 9 heteroatoms. The lowest BCUT2D eigenvalue weighted by Crippen LogP contribution is -2.40. The highest BCUT2D eigenvalue weighted by Gasteiger charge is 2.26. The molecule has 0 spiro atoms. The van der Waals surface area contributed by atoms with Crippen LogP contribution in [0.15, 0.2) is 24.3 Å². The van der Waals surface area contributed by atoms with Gasteiger partial charge in [-0.3, -0.25) is 5.10 Å². The Bertz CT molecular complexity index is 1360. The van der Waals surface area contributed by atoms with Crippen molar-refractivity contribution in [2.75, 3.05) is 13.7 Å². The highest BCUT2D eigenvalue weighted by molar-refractivity contribution is 6.32. The quantitative estimate of drug-likeness (QED) is 0.361. The number of nitrogens with two attached hydrogens (primary N) is 1. The maximum Gasteiger partial charge on any atom is 0.169 e. The number of ether oxygens (including phenoxy) is 2. The van der Waals surface area contributed by atoms with Crippen LogP contribution in [0.2, 0.25) is 5.02 Å². The van der Waals surface area contributed by atoms with Crippen LogP contribution in [0.1, 0.15) is 26.5 Å². The van der Waals surface area contributed by atoms with Crippen molar-refractivity contribution in [2.24, 2.45) is 11.1 Å². The molecule has 4 N–H and O–H groups in total. The Morgan fingerprint density at radius 3 is 2.58 bits per heavy atom. The SMILES string of the molecule is COc1c(OC[C@H](N)C(C)(C)C)cc(F)c2c(-c3ccc(O)c(Cl)c3)nc3[nH]nc(C)c3c12. The average molecular weight is 473 g/mol. The van der Waals surface area contributed by atoms with Crippen LogP contribution < -0.4 is 15.2 Å². The second-order valence-electron chi connectivity index (χ2n) is 9.08. The molecule has 2 aromatic heterocycles. The second kappa shape index (κ2) is 8.35. The van der Waals surface area contributed by atoms with Gasteiger partial charge in [0.1, 0.15) is 18.2 Å². The van der Waals surface area contributed by atoms with E-state index in [9.17, 15) is 5.11 Å². The number of aromatic amines is 1. The third-order valence-corrected chi connectivity index (χ3v) is 6.09. The number of hydrogen-bond acceptors (Lipinski definition) is 6. The van der Waals surface area contributed by atoms with E-state index in [1.54, 1.807) is 13.0 Å². The van der Waals surface area contributed by atoms with Crippen LogP contribution >= 0.6 is 11.6 Å². The molecule has 0 aliphatic heterocycles. The van der Waals surface area contributed by atoms with Crippen LogP contribution in [0.4, 0.5) is 4.39 Å². The van der Waals surface area contributed by atoms with Gasteiger partial charge in [0.25, 0.3) is 0 Å². The number of methoxy groups -OCH3 is 1. The molecule has 33 heavy (non-hydrogen) atoms. The van der Waals surface area contributed by atoms with E-state index in [2.05, 4.69) is 15.2 Å². The number of benzene rings is 2. The summed E-state index contributed by atoms with van der Waals surface area (Å²) in [7, 11) is 1.50. The first-order valence-corrected chi connectivity index (χ1v) is 10.8. The molecule has 7 nitrogen and oxygen atoms in total. The van der Waals surface area contributed by atoms with Crippen LogP contribution in [-0.2, 0) is 0 Å². The summed E-state index contributed by atoms with van der Waals surface area (Å²) in [5.74, 6) is -0.0213. The van der Waals surface area contributed by atoms with Crippen molar-refractivity contribution in [1.82, 2.24) is 15.2 Å². The fourth-order valence-corrected chi connectivity index (χ4v) is 3.83. The molecule has 0 saturated heterocycles. The van der Waals surface area contributed by atoms with Crippen molar-refractivity contribution in [2.45, 2.75) is 33.7 Å². The molecule has 4 rings (SSSR count). The minimum absolute atomic E-state index is 0.0767. The summed E-state index contributed by atoms with van der Waals surface area (Å²) < 4.78 is 27.4. The zero-order valence-corrected chi connectivity index (χ0v) is 19.8. The highest BCUT2D eigenvalue weighted by Crippen LogP contribution is 2.45. The number of aromatic hydroxyl groups is 1. The first-order valence-electron chi connectivity index (χ1n) is 10.4. The van der Waals surface area contributed by atoms with E-state index >= 15 is 4.39 Å². The number of aryl methyl sites for hydroxylation is 1. The summed E-state index contributed by atoms with van der Waals surface area (Å²) in [5, 5.41) is 18.4. The van der Waals surface area contributed by atoms with Gasteiger partial charge in [-0.2, -0.15) is 5.10 Å². The molecule has 0 unspecified atom stereocenters. The zero-order valence-electron chi connectivity index (χ0n) is 19.1. The van der Waals surface area contributed by atoms with Crippen molar-refractivity contribution in [3.63, 3.8) is 0 Å². The molecule has 0 aliphatic rings. The first kappa shape index (κ1) is 23.1.